The minimum Gasteiger partial charge on any atom is -0.465 e. The van der Waals surface area contributed by atoms with Crippen molar-refractivity contribution in [3.63, 3.8) is 0 Å². The van der Waals surface area contributed by atoms with E-state index in [1.54, 1.807) is 13.0 Å². The lowest BCUT2D eigenvalue weighted by molar-refractivity contribution is 0.0600. The SMILES string of the molecule is COCCNC(=O)c1cc(S(=O)(=O)Nc2ccc(C(=O)OC)cc2)ccc1C. The Bertz CT molecular complexity index is 955. The Balaban J connectivity index is 2.22. The summed E-state index contributed by atoms with van der Waals surface area (Å²) in [7, 11) is -1.14. The van der Waals surface area contributed by atoms with Crippen LogP contribution in [0.3, 0.4) is 0 Å². The second kappa shape index (κ2) is 9.34. The second-order valence-corrected chi connectivity index (χ2v) is 7.58. The van der Waals surface area contributed by atoms with Gasteiger partial charge < -0.3 is 14.8 Å². The lowest BCUT2D eigenvalue weighted by atomic mass is 10.1. The van der Waals surface area contributed by atoms with E-state index >= 15 is 0 Å². The standard InChI is InChI=1S/C19H22N2O6S/c1-13-4-9-16(12-17(13)18(22)20-10-11-26-2)28(24,25)21-15-7-5-14(6-8-15)19(23)27-3/h4-9,12,21H,10-11H2,1-3H3,(H,20,22). The van der Waals surface area contributed by atoms with Crippen molar-refractivity contribution in [3.05, 3.63) is 59.2 Å². The largest absolute Gasteiger partial charge is 0.465 e. The molecule has 0 unspecified atom stereocenters. The quantitative estimate of drug-likeness (QED) is 0.512. The third kappa shape index (κ3) is 5.30. The van der Waals surface area contributed by atoms with Gasteiger partial charge >= 0.3 is 5.97 Å². The van der Waals surface area contributed by atoms with Crippen molar-refractivity contribution < 1.29 is 27.5 Å². The number of esters is 1. The predicted molar refractivity (Wildman–Crippen MR) is 104 cm³/mol. The molecule has 0 aliphatic carbocycles. The van der Waals surface area contributed by atoms with Gasteiger partial charge in [-0.1, -0.05) is 6.07 Å². The van der Waals surface area contributed by atoms with E-state index in [9.17, 15) is 18.0 Å². The number of ether oxygens (including phenoxy) is 2. The molecule has 0 bridgehead atoms. The Labute approximate surface area is 163 Å². The van der Waals surface area contributed by atoms with Crippen LogP contribution in [0.5, 0.6) is 0 Å². The van der Waals surface area contributed by atoms with Gasteiger partial charge in [-0.3, -0.25) is 9.52 Å². The summed E-state index contributed by atoms with van der Waals surface area (Å²) in [5.41, 5.74) is 1.49. The first kappa shape index (κ1) is 21.4. The van der Waals surface area contributed by atoms with Gasteiger partial charge in [0.25, 0.3) is 15.9 Å². The van der Waals surface area contributed by atoms with Crippen LogP contribution in [0.1, 0.15) is 26.3 Å². The summed E-state index contributed by atoms with van der Waals surface area (Å²) < 4.78 is 37.3. The molecule has 2 aromatic carbocycles. The summed E-state index contributed by atoms with van der Waals surface area (Å²) in [5.74, 6) is -0.897. The summed E-state index contributed by atoms with van der Waals surface area (Å²) in [4.78, 5) is 23.7. The normalized spacial score (nSPS) is 11.0. The second-order valence-electron chi connectivity index (χ2n) is 5.90. The summed E-state index contributed by atoms with van der Waals surface area (Å²) in [6.45, 7) is 2.39. The van der Waals surface area contributed by atoms with Crippen LogP contribution in [0.4, 0.5) is 5.69 Å². The number of nitrogens with one attached hydrogen (secondary N) is 2. The van der Waals surface area contributed by atoms with E-state index in [4.69, 9.17) is 4.74 Å². The van der Waals surface area contributed by atoms with Crippen LogP contribution < -0.4 is 10.0 Å². The number of aryl methyl sites for hydroxylation is 1. The molecule has 0 heterocycles. The van der Waals surface area contributed by atoms with Crippen LogP contribution >= 0.6 is 0 Å². The van der Waals surface area contributed by atoms with Crippen LogP contribution in [-0.2, 0) is 19.5 Å². The van der Waals surface area contributed by atoms with Gasteiger partial charge in [0, 0.05) is 24.9 Å². The van der Waals surface area contributed by atoms with Crippen molar-refractivity contribution >= 4 is 27.6 Å². The van der Waals surface area contributed by atoms with Gasteiger partial charge in [0.2, 0.25) is 0 Å². The molecule has 2 N–H and O–H groups in total. The predicted octanol–water partition coefficient (Wildman–Crippen LogP) is 1.96. The van der Waals surface area contributed by atoms with Crippen LogP contribution in [-0.4, -0.2) is 47.7 Å². The van der Waals surface area contributed by atoms with Crippen molar-refractivity contribution in [2.24, 2.45) is 0 Å². The number of carbonyl (C=O) groups excluding carboxylic acids is 2. The Morgan fingerprint density at radius 3 is 2.32 bits per heavy atom. The molecule has 0 atom stereocenters. The van der Waals surface area contributed by atoms with E-state index in [0.29, 0.717) is 24.3 Å². The zero-order valence-electron chi connectivity index (χ0n) is 15.8. The first-order valence-corrected chi connectivity index (χ1v) is 9.86. The molecular formula is C19H22N2O6S. The molecule has 2 aromatic rings. The zero-order valence-corrected chi connectivity index (χ0v) is 16.6. The Kier molecular flexibility index (Phi) is 7.13. The molecule has 0 aliphatic rings. The number of anilines is 1. The monoisotopic (exact) mass is 406 g/mol. The summed E-state index contributed by atoms with van der Waals surface area (Å²) in [5, 5.41) is 2.67. The molecule has 9 heteroatoms. The number of carbonyl (C=O) groups is 2. The van der Waals surface area contributed by atoms with E-state index in [0.717, 1.165) is 0 Å². The molecule has 28 heavy (non-hydrogen) atoms. The molecule has 0 saturated heterocycles. The number of amides is 1. The van der Waals surface area contributed by atoms with E-state index in [1.165, 1.54) is 50.6 Å². The smallest absolute Gasteiger partial charge is 0.337 e. The molecule has 0 saturated carbocycles. The highest BCUT2D eigenvalue weighted by molar-refractivity contribution is 7.92. The van der Waals surface area contributed by atoms with Gasteiger partial charge in [-0.2, -0.15) is 0 Å². The lowest BCUT2D eigenvalue weighted by Gasteiger charge is -2.12. The molecule has 0 radical (unpaired) electrons. The first-order chi connectivity index (χ1) is 13.3. The maximum absolute atomic E-state index is 12.7. The van der Waals surface area contributed by atoms with Crippen molar-refractivity contribution in [3.8, 4) is 0 Å². The number of sulfonamides is 1. The van der Waals surface area contributed by atoms with E-state index in [1.807, 2.05) is 0 Å². The number of benzene rings is 2. The molecule has 2 rings (SSSR count). The van der Waals surface area contributed by atoms with Gasteiger partial charge in [0.15, 0.2) is 0 Å². The van der Waals surface area contributed by atoms with Crippen LogP contribution in [0, 0.1) is 6.92 Å². The van der Waals surface area contributed by atoms with Gasteiger partial charge in [-0.15, -0.1) is 0 Å². The number of hydrogen-bond acceptors (Lipinski definition) is 6. The summed E-state index contributed by atoms with van der Waals surface area (Å²) in [6.07, 6.45) is 0. The molecule has 0 aromatic heterocycles. The third-order valence-corrected chi connectivity index (χ3v) is 5.29. The third-order valence-electron chi connectivity index (χ3n) is 3.91. The first-order valence-electron chi connectivity index (χ1n) is 8.37. The molecule has 0 aliphatic heterocycles. The van der Waals surface area contributed by atoms with Crippen LogP contribution in [0.15, 0.2) is 47.4 Å². The Morgan fingerprint density at radius 1 is 1.04 bits per heavy atom. The van der Waals surface area contributed by atoms with Gasteiger partial charge in [0.05, 0.1) is 24.2 Å². The minimum absolute atomic E-state index is 0.0490. The maximum atomic E-state index is 12.7. The summed E-state index contributed by atoms with van der Waals surface area (Å²) >= 11 is 0. The van der Waals surface area contributed by atoms with Crippen LogP contribution in [0.25, 0.3) is 0 Å². The van der Waals surface area contributed by atoms with Crippen LogP contribution in [0.2, 0.25) is 0 Å². The Hall–Kier alpha value is -2.91. The molecular weight excluding hydrogens is 384 g/mol. The lowest BCUT2D eigenvalue weighted by Crippen LogP contribution is -2.28. The van der Waals surface area contributed by atoms with Gasteiger partial charge in [-0.05, 0) is 48.9 Å². The fourth-order valence-electron chi connectivity index (χ4n) is 2.38. The number of methoxy groups -OCH3 is 2. The molecule has 150 valence electrons. The zero-order chi connectivity index (χ0) is 20.7. The number of rotatable bonds is 8. The molecule has 1 amide bonds. The molecule has 0 fully saturated rings. The van der Waals surface area contributed by atoms with E-state index in [-0.39, 0.29) is 22.1 Å². The molecule has 0 spiro atoms. The average Bonchev–Trinajstić information content (AvgIpc) is 2.68. The topological polar surface area (TPSA) is 111 Å². The Morgan fingerprint density at radius 2 is 1.71 bits per heavy atom. The highest BCUT2D eigenvalue weighted by Gasteiger charge is 2.18. The fraction of sp³-hybridized carbons (Fsp3) is 0.263. The van der Waals surface area contributed by atoms with Crippen molar-refractivity contribution in [1.82, 2.24) is 5.32 Å². The van der Waals surface area contributed by atoms with Crippen molar-refractivity contribution in [2.45, 2.75) is 11.8 Å². The minimum atomic E-state index is -3.92. The number of hydrogen-bond donors (Lipinski definition) is 2. The van der Waals surface area contributed by atoms with Gasteiger partial charge in [-0.25, -0.2) is 13.2 Å². The average molecular weight is 406 g/mol. The highest BCUT2D eigenvalue weighted by Crippen LogP contribution is 2.20. The maximum Gasteiger partial charge on any atom is 0.337 e. The van der Waals surface area contributed by atoms with Gasteiger partial charge in [0.1, 0.15) is 0 Å². The van der Waals surface area contributed by atoms with Crippen molar-refractivity contribution in [1.29, 1.82) is 0 Å². The van der Waals surface area contributed by atoms with E-state index < -0.39 is 16.0 Å². The van der Waals surface area contributed by atoms with E-state index in [2.05, 4.69) is 14.8 Å². The summed E-state index contributed by atoms with van der Waals surface area (Å²) in [6, 6.07) is 10.1. The highest BCUT2D eigenvalue weighted by atomic mass is 32.2. The fourth-order valence-corrected chi connectivity index (χ4v) is 3.47. The van der Waals surface area contributed by atoms with Crippen molar-refractivity contribution in [2.75, 3.05) is 32.1 Å². The molecule has 8 nitrogen and oxygen atoms in total.